The van der Waals surface area contributed by atoms with Crippen molar-refractivity contribution in [3.05, 3.63) is 0 Å². The maximum atomic E-state index is 11.6. The van der Waals surface area contributed by atoms with Gasteiger partial charge in [0.25, 0.3) is 0 Å². The average Bonchev–Trinajstić information content (AvgIpc) is 2.13. The summed E-state index contributed by atoms with van der Waals surface area (Å²) in [5.74, 6) is 0.0703. The molecule has 0 saturated heterocycles. The number of carbonyl (C=O) groups excluding carboxylic acids is 2. The summed E-state index contributed by atoms with van der Waals surface area (Å²) in [6.07, 6.45) is 1.57. The van der Waals surface area contributed by atoms with E-state index >= 15 is 0 Å². The molecule has 0 aliphatic carbocycles. The Labute approximate surface area is 85.8 Å². The lowest BCUT2D eigenvalue weighted by Gasteiger charge is -2.14. The molecule has 0 saturated carbocycles. The van der Waals surface area contributed by atoms with Crippen molar-refractivity contribution in [1.29, 1.82) is 0 Å². The number of Topliss-reactive ketones (excluding diaryl/α,β-unsaturated/α-hetero) is 1. The van der Waals surface area contributed by atoms with Gasteiger partial charge < -0.3 is 4.74 Å². The van der Waals surface area contributed by atoms with Crippen LogP contribution < -0.4 is 0 Å². The first-order valence-corrected chi connectivity index (χ1v) is 5.10. The minimum Gasteiger partial charge on any atom is -0.469 e. The molecule has 1 unspecified atom stereocenters. The summed E-state index contributed by atoms with van der Waals surface area (Å²) in [6, 6.07) is 0. The lowest BCUT2D eigenvalue weighted by Crippen LogP contribution is -2.19. The topological polar surface area (TPSA) is 43.4 Å². The molecule has 1 atom stereocenters. The third-order valence-corrected chi connectivity index (χ3v) is 2.25. The zero-order valence-corrected chi connectivity index (χ0v) is 9.50. The van der Waals surface area contributed by atoms with Gasteiger partial charge in [0.1, 0.15) is 12.2 Å². The van der Waals surface area contributed by atoms with Gasteiger partial charge in [-0.05, 0) is 18.8 Å². The van der Waals surface area contributed by atoms with Crippen LogP contribution in [0.2, 0.25) is 0 Å². The van der Waals surface area contributed by atoms with Crippen LogP contribution in [0, 0.1) is 11.8 Å². The summed E-state index contributed by atoms with van der Waals surface area (Å²) >= 11 is 0. The molecule has 3 heteroatoms. The second-order valence-electron chi connectivity index (χ2n) is 3.95. The molecule has 0 amide bonds. The summed E-state index contributed by atoms with van der Waals surface area (Å²) in [5, 5.41) is 0. The molecular formula is C11H20O3. The van der Waals surface area contributed by atoms with Crippen molar-refractivity contribution in [2.75, 3.05) is 7.11 Å². The van der Waals surface area contributed by atoms with Crippen molar-refractivity contribution in [2.45, 2.75) is 40.0 Å². The summed E-state index contributed by atoms with van der Waals surface area (Å²) < 4.78 is 4.46. The molecule has 0 rings (SSSR count). The van der Waals surface area contributed by atoms with E-state index in [1.54, 1.807) is 0 Å². The molecule has 82 valence electrons. The maximum absolute atomic E-state index is 11.6. The molecule has 0 aliphatic rings. The van der Waals surface area contributed by atoms with Gasteiger partial charge in [0.15, 0.2) is 0 Å². The van der Waals surface area contributed by atoms with Crippen molar-refractivity contribution in [2.24, 2.45) is 11.8 Å². The molecule has 0 aromatic heterocycles. The first kappa shape index (κ1) is 13.1. The minimum atomic E-state index is -0.433. The Balaban J connectivity index is 4.10. The second kappa shape index (κ2) is 6.57. The van der Waals surface area contributed by atoms with Crippen LogP contribution in [0.5, 0.6) is 0 Å². The predicted octanol–water partition coefficient (Wildman–Crippen LogP) is 2.19. The Hall–Kier alpha value is -0.860. The number of esters is 1. The van der Waals surface area contributed by atoms with E-state index < -0.39 is 5.97 Å². The molecule has 3 nitrogen and oxygen atoms in total. The highest BCUT2D eigenvalue weighted by molar-refractivity contribution is 5.96. The highest BCUT2D eigenvalue weighted by atomic mass is 16.5. The molecule has 0 aliphatic heterocycles. The smallest absolute Gasteiger partial charge is 0.313 e. The highest BCUT2D eigenvalue weighted by Crippen LogP contribution is 2.17. The van der Waals surface area contributed by atoms with Crippen LogP contribution in [0.15, 0.2) is 0 Å². The number of ether oxygens (including phenoxy) is 1. The molecule has 0 heterocycles. The molecule has 14 heavy (non-hydrogen) atoms. The van der Waals surface area contributed by atoms with Crippen molar-refractivity contribution < 1.29 is 14.3 Å². The fourth-order valence-electron chi connectivity index (χ4n) is 1.45. The number of ketones is 1. The van der Waals surface area contributed by atoms with E-state index in [1.165, 1.54) is 7.11 Å². The summed E-state index contributed by atoms with van der Waals surface area (Å²) in [7, 11) is 1.30. The van der Waals surface area contributed by atoms with Gasteiger partial charge in [-0.1, -0.05) is 20.8 Å². The van der Waals surface area contributed by atoms with Gasteiger partial charge in [-0.15, -0.1) is 0 Å². The van der Waals surface area contributed by atoms with E-state index in [1.807, 2.05) is 6.92 Å². The van der Waals surface area contributed by atoms with E-state index in [9.17, 15) is 9.59 Å². The first-order valence-electron chi connectivity index (χ1n) is 5.10. The van der Waals surface area contributed by atoms with E-state index in [0.717, 1.165) is 12.8 Å². The quantitative estimate of drug-likeness (QED) is 0.487. The molecule has 0 fully saturated rings. The van der Waals surface area contributed by atoms with E-state index in [2.05, 4.69) is 18.6 Å². The fourth-order valence-corrected chi connectivity index (χ4v) is 1.45. The molecule has 0 aromatic rings. The third kappa shape index (κ3) is 5.00. The Morgan fingerprint density at radius 2 is 1.86 bits per heavy atom. The van der Waals surface area contributed by atoms with Crippen molar-refractivity contribution in [3.8, 4) is 0 Å². The van der Waals surface area contributed by atoms with Gasteiger partial charge in [0.05, 0.1) is 7.11 Å². The highest BCUT2D eigenvalue weighted by Gasteiger charge is 2.20. The molecule has 0 aromatic carbocycles. The van der Waals surface area contributed by atoms with Crippen molar-refractivity contribution >= 4 is 11.8 Å². The summed E-state index contributed by atoms with van der Waals surface area (Å²) in [6.45, 7) is 6.13. The average molecular weight is 200 g/mol. The maximum Gasteiger partial charge on any atom is 0.313 e. The number of carbonyl (C=O) groups is 2. The lowest BCUT2D eigenvalue weighted by atomic mass is 9.90. The first-order chi connectivity index (χ1) is 6.51. The van der Waals surface area contributed by atoms with Crippen LogP contribution in [0.25, 0.3) is 0 Å². The number of hydrogen-bond donors (Lipinski definition) is 0. The Morgan fingerprint density at radius 1 is 1.29 bits per heavy atom. The Bertz CT molecular complexity index is 197. The normalized spacial score (nSPS) is 12.6. The Kier molecular flexibility index (Phi) is 6.17. The molecule has 0 radical (unpaired) electrons. The largest absolute Gasteiger partial charge is 0.469 e. The van der Waals surface area contributed by atoms with Crippen molar-refractivity contribution in [3.63, 3.8) is 0 Å². The zero-order chi connectivity index (χ0) is 11.1. The summed E-state index contributed by atoms with van der Waals surface area (Å²) in [4.78, 5) is 22.5. The standard InChI is InChI=1S/C11H20O3/c1-5-9(6-8(2)3)10(12)7-11(13)14-4/h8-9H,5-7H2,1-4H3. The third-order valence-electron chi connectivity index (χ3n) is 2.25. The second-order valence-corrected chi connectivity index (χ2v) is 3.95. The van der Waals surface area contributed by atoms with Gasteiger partial charge in [0, 0.05) is 5.92 Å². The van der Waals surface area contributed by atoms with Crippen LogP contribution in [0.3, 0.4) is 0 Å². The van der Waals surface area contributed by atoms with E-state index in [0.29, 0.717) is 5.92 Å². The monoisotopic (exact) mass is 200 g/mol. The van der Waals surface area contributed by atoms with Gasteiger partial charge in [-0.2, -0.15) is 0 Å². The predicted molar refractivity (Wildman–Crippen MR) is 54.9 cm³/mol. The van der Waals surface area contributed by atoms with E-state index in [-0.39, 0.29) is 18.1 Å². The number of rotatable bonds is 6. The molecule has 0 bridgehead atoms. The molecule has 0 N–H and O–H groups in total. The molecule has 0 spiro atoms. The Morgan fingerprint density at radius 3 is 2.21 bits per heavy atom. The van der Waals surface area contributed by atoms with Gasteiger partial charge >= 0.3 is 5.97 Å². The molecular weight excluding hydrogens is 180 g/mol. The van der Waals surface area contributed by atoms with Crippen molar-refractivity contribution in [1.82, 2.24) is 0 Å². The lowest BCUT2D eigenvalue weighted by molar-refractivity contribution is -0.144. The van der Waals surface area contributed by atoms with Crippen LogP contribution in [0.1, 0.15) is 40.0 Å². The zero-order valence-electron chi connectivity index (χ0n) is 9.50. The number of methoxy groups -OCH3 is 1. The van der Waals surface area contributed by atoms with E-state index in [4.69, 9.17) is 0 Å². The SMILES string of the molecule is CCC(CC(C)C)C(=O)CC(=O)OC. The fraction of sp³-hybridized carbons (Fsp3) is 0.818. The minimum absolute atomic E-state index is 0.00745. The number of hydrogen-bond acceptors (Lipinski definition) is 3. The van der Waals surface area contributed by atoms with Gasteiger partial charge in [-0.25, -0.2) is 0 Å². The van der Waals surface area contributed by atoms with Crippen LogP contribution in [-0.4, -0.2) is 18.9 Å². The van der Waals surface area contributed by atoms with Crippen LogP contribution in [-0.2, 0) is 14.3 Å². The van der Waals surface area contributed by atoms with Crippen LogP contribution >= 0.6 is 0 Å². The summed E-state index contributed by atoms with van der Waals surface area (Å²) in [5.41, 5.74) is 0. The van der Waals surface area contributed by atoms with Crippen LogP contribution in [0.4, 0.5) is 0 Å². The van der Waals surface area contributed by atoms with Gasteiger partial charge in [0.2, 0.25) is 0 Å². The van der Waals surface area contributed by atoms with Gasteiger partial charge in [-0.3, -0.25) is 9.59 Å².